The van der Waals surface area contributed by atoms with E-state index in [1.54, 1.807) is 0 Å². The van der Waals surface area contributed by atoms with Gasteiger partial charge in [0, 0.05) is 25.0 Å². The molecule has 0 amide bonds. The van der Waals surface area contributed by atoms with E-state index in [0.29, 0.717) is 0 Å². The van der Waals surface area contributed by atoms with Gasteiger partial charge in [0.15, 0.2) is 0 Å². The van der Waals surface area contributed by atoms with Gasteiger partial charge in [0.2, 0.25) is 5.95 Å². The molecule has 0 bridgehead atoms. The third kappa shape index (κ3) is 2.46. The molecule has 0 aromatic carbocycles. The molecule has 1 saturated heterocycles. The van der Waals surface area contributed by atoms with E-state index in [1.165, 1.54) is 12.8 Å². The highest BCUT2D eigenvalue weighted by atomic mass is 15.2. The minimum atomic E-state index is 0.857. The van der Waals surface area contributed by atoms with E-state index in [-0.39, 0.29) is 0 Å². The second kappa shape index (κ2) is 4.60. The van der Waals surface area contributed by atoms with Crippen LogP contribution >= 0.6 is 0 Å². The monoisotopic (exact) mass is 205 g/mol. The molecular formula is C12H19N3. The van der Waals surface area contributed by atoms with Crippen LogP contribution in [0.25, 0.3) is 0 Å². The Hall–Kier alpha value is -1.12. The summed E-state index contributed by atoms with van der Waals surface area (Å²) in [5.74, 6) is 1.77. The molecule has 0 atom stereocenters. The molecule has 1 aromatic heterocycles. The van der Waals surface area contributed by atoms with Crippen LogP contribution < -0.4 is 4.90 Å². The van der Waals surface area contributed by atoms with Gasteiger partial charge in [-0.05, 0) is 31.2 Å². The van der Waals surface area contributed by atoms with Gasteiger partial charge in [-0.25, -0.2) is 9.97 Å². The second-order valence-electron chi connectivity index (χ2n) is 4.37. The van der Waals surface area contributed by atoms with Crippen molar-refractivity contribution in [1.29, 1.82) is 0 Å². The zero-order valence-corrected chi connectivity index (χ0v) is 9.61. The normalized spacial score (nSPS) is 18.1. The molecule has 0 radical (unpaired) electrons. The number of piperidine rings is 1. The van der Waals surface area contributed by atoms with E-state index in [4.69, 9.17) is 0 Å². The summed E-state index contributed by atoms with van der Waals surface area (Å²) in [6, 6.07) is 2.00. The van der Waals surface area contributed by atoms with E-state index in [0.717, 1.165) is 37.1 Å². The number of aromatic nitrogens is 2. The fraction of sp³-hybridized carbons (Fsp3) is 0.667. The predicted octanol–water partition coefficient (Wildman–Crippen LogP) is 2.28. The molecule has 3 heteroatoms. The summed E-state index contributed by atoms with van der Waals surface area (Å²) in [7, 11) is 0. The molecule has 1 aliphatic heterocycles. The van der Waals surface area contributed by atoms with Gasteiger partial charge < -0.3 is 4.90 Å². The highest BCUT2D eigenvalue weighted by Crippen LogP contribution is 2.19. The van der Waals surface area contributed by atoms with Crippen LogP contribution in [0.1, 0.15) is 32.4 Å². The highest BCUT2D eigenvalue weighted by molar-refractivity contribution is 5.30. The Kier molecular flexibility index (Phi) is 3.19. The van der Waals surface area contributed by atoms with E-state index in [9.17, 15) is 0 Å². The Morgan fingerprint density at radius 2 is 2.13 bits per heavy atom. The maximum atomic E-state index is 4.55. The average Bonchev–Trinajstić information content (AvgIpc) is 2.30. The minimum Gasteiger partial charge on any atom is -0.341 e. The van der Waals surface area contributed by atoms with Crippen molar-refractivity contribution in [3.05, 3.63) is 18.0 Å². The van der Waals surface area contributed by atoms with Crippen molar-refractivity contribution < 1.29 is 0 Å². The first-order valence-corrected chi connectivity index (χ1v) is 5.86. The van der Waals surface area contributed by atoms with E-state index in [2.05, 4.69) is 28.7 Å². The average molecular weight is 205 g/mol. The molecule has 82 valence electrons. The van der Waals surface area contributed by atoms with Crippen LogP contribution in [0.4, 0.5) is 5.95 Å². The summed E-state index contributed by atoms with van der Waals surface area (Å²) in [5.41, 5.74) is 1.14. The van der Waals surface area contributed by atoms with Crippen molar-refractivity contribution in [1.82, 2.24) is 9.97 Å². The van der Waals surface area contributed by atoms with Crippen LogP contribution in [0.3, 0.4) is 0 Å². The Bertz CT molecular complexity index is 316. The molecule has 1 aliphatic rings. The van der Waals surface area contributed by atoms with Crippen LogP contribution in [0.2, 0.25) is 0 Å². The summed E-state index contributed by atoms with van der Waals surface area (Å²) in [6.07, 6.45) is 5.39. The topological polar surface area (TPSA) is 29.0 Å². The number of nitrogens with zero attached hydrogens (tertiary/aromatic N) is 3. The first-order valence-electron chi connectivity index (χ1n) is 5.86. The first-order chi connectivity index (χ1) is 7.29. The third-order valence-corrected chi connectivity index (χ3v) is 3.13. The molecule has 1 aromatic rings. The fourth-order valence-electron chi connectivity index (χ4n) is 1.94. The van der Waals surface area contributed by atoms with Crippen LogP contribution in [-0.4, -0.2) is 23.1 Å². The van der Waals surface area contributed by atoms with Crippen LogP contribution in [-0.2, 0) is 6.42 Å². The molecule has 2 rings (SSSR count). The van der Waals surface area contributed by atoms with Gasteiger partial charge >= 0.3 is 0 Å². The summed E-state index contributed by atoms with van der Waals surface area (Å²) in [6.45, 7) is 6.66. The molecule has 0 aliphatic carbocycles. The number of aryl methyl sites for hydroxylation is 1. The van der Waals surface area contributed by atoms with Crippen molar-refractivity contribution in [2.24, 2.45) is 5.92 Å². The van der Waals surface area contributed by atoms with Gasteiger partial charge in [-0.15, -0.1) is 0 Å². The standard InChI is InChI=1S/C12H19N3/c1-3-11-4-7-13-12(14-11)15-8-5-10(2)6-9-15/h4,7,10H,3,5-6,8-9H2,1-2H3. The van der Waals surface area contributed by atoms with Crippen molar-refractivity contribution in [2.75, 3.05) is 18.0 Å². The quantitative estimate of drug-likeness (QED) is 0.741. The van der Waals surface area contributed by atoms with Crippen LogP contribution in [0, 0.1) is 5.92 Å². The lowest BCUT2D eigenvalue weighted by molar-refractivity contribution is 0.434. The molecule has 1 fully saturated rings. The smallest absolute Gasteiger partial charge is 0.225 e. The number of anilines is 1. The summed E-state index contributed by atoms with van der Waals surface area (Å²) in [5, 5.41) is 0. The lowest BCUT2D eigenvalue weighted by Gasteiger charge is -2.30. The Balaban J connectivity index is 2.08. The van der Waals surface area contributed by atoms with Gasteiger partial charge in [0.25, 0.3) is 0 Å². The molecule has 2 heterocycles. The maximum absolute atomic E-state index is 4.55. The number of hydrogen-bond acceptors (Lipinski definition) is 3. The van der Waals surface area contributed by atoms with Crippen molar-refractivity contribution in [3.63, 3.8) is 0 Å². The van der Waals surface area contributed by atoms with Crippen molar-refractivity contribution in [3.8, 4) is 0 Å². The predicted molar refractivity (Wildman–Crippen MR) is 62.0 cm³/mol. The Morgan fingerprint density at radius 1 is 1.40 bits per heavy atom. The van der Waals surface area contributed by atoms with Crippen molar-refractivity contribution >= 4 is 5.95 Å². The van der Waals surface area contributed by atoms with Crippen LogP contribution in [0.15, 0.2) is 12.3 Å². The third-order valence-electron chi connectivity index (χ3n) is 3.13. The molecule has 0 spiro atoms. The maximum Gasteiger partial charge on any atom is 0.225 e. The lowest BCUT2D eigenvalue weighted by atomic mass is 10.00. The fourth-order valence-corrected chi connectivity index (χ4v) is 1.94. The summed E-state index contributed by atoms with van der Waals surface area (Å²) in [4.78, 5) is 11.2. The summed E-state index contributed by atoms with van der Waals surface area (Å²) >= 11 is 0. The van der Waals surface area contributed by atoms with Gasteiger partial charge in [-0.1, -0.05) is 13.8 Å². The molecule has 3 nitrogen and oxygen atoms in total. The van der Waals surface area contributed by atoms with Gasteiger partial charge in [-0.2, -0.15) is 0 Å². The molecule has 0 N–H and O–H groups in total. The lowest BCUT2D eigenvalue weighted by Crippen LogP contribution is -2.34. The molecule has 15 heavy (non-hydrogen) atoms. The Labute approximate surface area is 91.5 Å². The summed E-state index contributed by atoms with van der Waals surface area (Å²) < 4.78 is 0. The minimum absolute atomic E-state index is 0.857. The van der Waals surface area contributed by atoms with Gasteiger partial charge in [0.1, 0.15) is 0 Å². The van der Waals surface area contributed by atoms with Crippen molar-refractivity contribution in [2.45, 2.75) is 33.1 Å². The SMILES string of the molecule is CCc1ccnc(N2CCC(C)CC2)n1. The van der Waals surface area contributed by atoms with Gasteiger partial charge in [-0.3, -0.25) is 0 Å². The van der Waals surface area contributed by atoms with E-state index < -0.39 is 0 Å². The first kappa shape index (κ1) is 10.4. The zero-order valence-electron chi connectivity index (χ0n) is 9.61. The zero-order chi connectivity index (χ0) is 10.7. The molecular weight excluding hydrogens is 186 g/mol. The van der Waals surface area contributed by atoms with E-state index in [1.807, 2.05) is 12.3 Å². The van der Waals surface area contributed by atoms with Crippen LogP contribution in [0.5, 0.6) is 0 Å². The molecule has 0 saturated carbocycles. The number of rotatable bonds is 2. The Morgan fingerprint density at radius 3 is 2.80 bits per heavy atom. The van der Waals surface area contributed by atoms with E-state index >= 15 is 0 Å². The highest BCUT2D eigenvalue weighted by Gasteiger charge is 2.17. The van der Waals surface area contributed by atoms with Gasteiger partial charge in [0.05, 0.1) is 0 Å². The second-order valence-corrected chi connectivity index (χ2v) is 4.37. The molecule has 0 unspecified atom stereocenters. The number of hydrogen-bond donors (Lipinski definition) is 0. The largest absolute Gasteiger partial charge is 0.341 e.